The first-order chi connectivity index (χ1) is 20.3. The van der Waals surface area contributed by atoms with E-state index in [-0.39, 0.29) is 0 Å². The van der Waals surface area contributed by atoms with Gasteiger partial charge in [-0.3, -0.25) is 0 Å². The van der Waals surface area contributed by atoms with Crippen LogP contribution >= 0.6 is 11.3 Å². The van der Waals surface area contributed by atoms with Gasteiger partial charge in [0.25, 0.3) is 0 Å². The Morgan fingerprint density at radius 3 is 1.66 bits per heavy atom. The summed E-state index contributed by atoms with van der Waals surface area (Å²) in [7, 11) is 0. The van der Waals surface area contributed by atoms with Gasteiger partial charge in [0.15, 0.2) is 17.5 Å². The first-order valence-corrected chi connectivity index (χ1v) is 14.3. The SMILES string of the molecule is c1ccc(-c2nc(-c3ccccc3)nc(-c3cccc(-c4c5ccccc5nc5c4sc4ccccc45)c3)n2)cc1. The molecule has 41 heavy (non-hydrogen) atoms. The molecular weight excluding hydrogens is 520 g/mol. The molecule has 0 aliphatic carbocycles. The highest BCUT2D eigenvalue weighted by Crippen LogP contribution is 2.43. The van der Waals surface area contributed by atoms with Gasteiger partial charge in [0.2, 0.25) is 0 Å². The number of aromatic nitrogens is 4. The smallest absolute Gasteiger partial charge is 0.164 e. The molecule has 8 rings (SSSR count). The van der Waals surface area contributed by atoms with E-state index in [0.29, 0.717) is 17.5 Å². The number of rotatable bonds is 4. The minimum absolute atomic E-state index is 0.644. The molecule has 0 saturated carbocycles. The Kier molecular flexibility index (Phi) is 5.61. The molecule has 0 aliphatic heterocycles. The van der Waals surface area contributed by atoms with Gasteiger partial charge in [0.05, 0.1) is 15.7 Å². The Hall–Kier alpha value is -5.26. The van der Waals surface area contributed by atoms with Crippen molar-refractivity contribution in [2.24, 2.45) is 0 Å². The summed E-state index contributed by atoms with van der Waals surface area (Å²) in [6.45, 7) is 0. The van der Waals surface area contributed by atoms with E-state index < -0.39 is 0 Å². The first-order valence-electron chi connectivity index (χ1n) is 13.5. The highest BCUT2D eigenvalue weighted by atomic mass is 32.1. The summed E-state index contributed by atoms with van der Waals surface area (Å²) in [6, 6.07) is 45.6. The molecule has 0 radical (unpaired) electrons. The average Bonchev–Trinajstić information content (AvgIpc) is 3.42. The van der Waals surface area contributed by atoms with Crippen molar-refractivity contribution in [3.05, 3.63) is 133 Å². The fourth-order valence-electron chi connectivity index (χ4n) is 5.38. The van der Waals surface area contributed by atoms with E-state index in [2.05, 4.69) is 72.8 Å². The zero-order chi connectivity index (χ0) is 27.2. The van der Waals surface area contributed by atoms with Gasteiger partial charge in [0.1, 0.15) is 0 Å². The van der Waals surface area contributed by atoms with E-state index in [1.54, 1.807) is 11.3 Å². The van der Waals surface area contributed by atoms with Crippen molar-refractivity contribution >= 4 is 42.5 Å². The van der Waals surface area contributed by atoms with Crippen LogP contribution in [0.25, 0.3) is 76.5 Å². The fourth-order valence-corrected chi connectivity index (χ4v) is 6.60. The van der Waals surface area contributed by atoms with Gasteiger partial charge in [-0.1, -0.05) is 115 Å². The zero-order valence-corrected chi connectivity index (χ0v) is 22.7. The summed E-state index contributed by atoms with van der Waals surface area (Å²) in [5.74, 6) is 1.95. The van der Waals surface area contributed by atoms with Crippen LogP contribution in [-0.2, 0) is 0 Å². The van der Waals surface area contributed by atoms with Crippen molar-refractivity contribution in [2.75, 3.05) is 0 Å². The third-order valence-electron chi connectivity index (χ3n) is 7.31. The van der Waals surface area contributed by atoms with Gasteiger partial charge >= 0.3 is 0 Å². The molecule has 0 bridgehead atoms. The fraction of sp³-hybridized carbons (Fsp3) is 0. The number of hydrogen-bond donors (Lipinski definition) is 0. The van der Waals surface area contributed by atoms with Crippen LogP contribution in [0.4, 0.5) is 0 Å². The maximum absolute atomic E-state index is 5.10. The van der Waals surface area contributed by atoms with Crippen molar-refractivity contribution in [1.82, 2.24) is 19.9 Å². The van der Waals surface area contributed by atoms with Crippen LogP contribution in [0.1, 0.15) is 0 Å². The third kappa shape index (κ3) is 4.15. The molecule has 5 heteroatoms. The summed E-state index contributed by atoms with van der Waals surface area (Å²) in [6.07, 6.45) is 0. The van der Waals surface area contributed by atoms with Crippen molar-refractivity contribution in [3.63, 3.8) is 0 Å². The minimum Gasteiger partial charge on any atom is -0.246 e. The lowest BCUT2D eigenvalue weighted by Gasteiger charge is -2.11. The molecule has 0 atom stereocenters. The van der Waals surface area contributed by atoms with Gasteiger partial charge in [0, 0.05) is 37.7 Å². The molecule has 0 N–H and O–H groups in total. The lowest BCUT2D eigenvalue weighted by Crippen LogP contribution is -2.00. The van der Waals surface area contributed by atoms with Gasteiger partial charge in [-0.2, -0.15) is 0 Å². The van der Waals surface area contributed by atoms with E-state index in [9.17, 15) is 0 Å². The molecule has 4 nitrogen and oxygen atoms in total. The third-order valence-corrected chi connectivity index (χ3v) is 8.49. The molecule has 0 amide bonds. The average molecular weight is 543 g/mol. The Balaban J connectivity index is 1.37. The van der Waals surface area contributed by atoms with Crippen LogP contribution < -0.4 is 0 Å². The van der Waals surface area contributed by atoms with E-state index >= 15 is 0 Å². The van der Waals surface area contributed by atoms with Crippen molar-refractivity contribution in [2.45, 2.75) is 0 Å². The monoisotopic (exact) mass is 542 g/mol. The zero-order valence-electron chi connectivity index (χ0n) is 21.9. The molecule has 0 fully saturated rings. The standard InChI is InChI=1S/C36H22N4S/c1-3-12-23(13-4-1)34-38-35(24-14-5-2-6-15-24)40-36(39-34)26-17-11-16-25(22-26)31-27-18-7-9-20-29(27)37-32-28-19-8-10-21-30(28)41-33(31)32/h1-22H. The highest BCUT2D eigenvalue weighted by molar-refractivity contribution is 7.26. The lowest BCUT2D eigenvalue weighted by atomic mass is 9.98. The summed E-state index contributed by atoms with van der Waals surface area (Å²) >= 11 is 1.80. The predicted molar refractivity (Wildman–Crippen MR) is 170 cm³/mol. The van der Waals surface area contributed by atoms with E-state index in [0.717, 1.165) is 38.7 Å². The molecule has 0 spiro atoms. The Morgan fingerprint density at radius 1 is 0.415 bits per heavy atom. The molecule has 0 unspecified atom stereocenters. The van der Waals surface area contributed by atoms with Crippen molar-refractivity contribution in [3.8, 4) is 45.3 Å². The van der Waals surface area contributed by atoms with Gasteiger partial charge < -0.3 is 0 Å². The predicted octanol–water partition coefficient (Wildman–Crippen LogP) is 9.46. The number of fused-ring (bicyclic) bond motifs is 4. The Morgan fingerprint density at radius 2 is 0.951 bits per heavy atom. The molecule has 192 valence electrons. The van der Waals surface area contributed by atoms with Crippen LogP contribution in [0, 0.1) is 0 Å². The van der Waals surface area contributed by atoms with Gasteiger partial charge in [-0.05, 0) is 23.8 Å². The van der Waals surface area contributed by atoms with E-state index in [1.165, 1.54) is 20.3 Å². The normalized spacial score (nSPS) is 11.4. The quantitative estimate of drug-likeness (QED) is 0.222. The first kappa shape index (κ1) is 23.6. The molecule has 3 aromatic heterocycles. The lowest BCUT2D eigenvalue weighted by molar-refractivity contribution is 1.07. The second kappa shape index (κ2) is 9.73. The number of pyridine rings is 1. The Labute approximate surface area is 240 Å². The topological polar surface area (TPSA) is 51.6 Å². The number of hydrogen-bond acceptors (Lipinski definition) is 5. The highest BCUT2D eigenvalue weighted by Gasteiger charge is 2.18. The molecule has 5 aromatic carbocycles. The maximum Gasteiger partial charge on any atom is 0.164 e. The Bertz CT molecular complexity index is 2150. The molecule has 0 aliphatic rings. The second-order valence-electron chi connectivity index (χ2n) is 9.90. The van der Waals surface area contributed by atoms with Gasteiger partial charge in [-0.25, -0.2) is 19.9 Å². The minimum atomic E-state index is 0.644. The van der Waals surface area contributed by atoms with Crippen LogP contribution in [-0.4, -0.2) is 19.9 Å². The van der Waals surface area contributed by atoms with E-state index in [1.807, 2.05) is 60.7 Å². The summed E-state index contributed by atoms with van der Waals surface area (Å²) in [5.41, 5.74) is 7.18. The second-order valence-corrected chi connectivity index (χ2v) is 11.0. The largest absolute Gasteiger partial charge is 0.246 e. The number of benzene rings is 5. The molecule has 8 aromatic rings. The number of nitrogens with zero attached hydrogens (tertiary/aromatic N) is 4. The van der Waals surface area contributed by atoms with Crippen LogP contribution in [0.15, 0.2) is 133 Å². The van der Waals surface area contributed by atoms with E-state index in [4.69, 9.17) is 19.9 Å². The summed E-state index contributed by atoms with van der Waals surface area (Å²) in [5, 5.41) is 2.32. The van der Waals surface area contributed by atoms with Crippen LogP contribution in [0.5, 0.6) is 0 Å². The summed E-state index contributed by atoms with van der Waals surface area (Å²) in [4.78, 5) is 19.9. The van der Waals surface area contributed by atoms with Crippen LogP contribution in [0.3, 0.4) is 0 Å². The molecular formula is C36H22N4S. The molecule has 0 saturated heterocycles. The van der Waals surface area contributed by atoms with Crippen LogP contribution in [0.2, 0.25) is 0 Å². The van der Waals surface area contributed by atoms with Gasteiger partial charge in [-0.15, -0.1) is 11.3 Å². The van der Waals surface area contributed by atoms with Crippen molar-refractivity contribution in [1.29, 1.82) is 0 Å². The van der Waals surface area contributed by atoms with Crippen molar-refractivity contribution < 1.29 is 0 Å². The number of thiophene rings is 1. The molecule has 3 heterocycles. The summed E-state index contributed by atoms with van der Waals surface area (Å²) < 4.78 is 2.42. The number of para-hydroxylation sites is 1. The maximum atomic E-state index is 5.10.